The van der Waals surface area contributed by atoms with E-state index in [1.807, 2.05) is 19.1 Å². The molecule has 0 atom stereocenters. The normalized spacial score (nSPS) is 14.5. The van der Waals surface area contributed by atoms with Crippen LogP contribution in [-0.2, 0) is 0 Å². The molecule has 2 rings (SSSR count). The standard InChI is InChI=1S/C13H16N2O3S/c1-8-9(2)19-11(10(8)12(16)17)14-13(18)15-6-4-3-5-7-15/h3-4H,5-7H2,1-2H3,(H,14,18)(H,16,17). The molecule has 5 nitrogen and oxygen atoms in total. The van der Waals surface area contributed by atoms with Crippen molar-refractivity contribution in [3.63, 3.8) is 0 Å². The van der Waals surface area contributed by atoms with E-state index in [0.717, 1.165) is 11.3 Å². The molecule has 0 spiro atoms. The number of carbonyl (C=O) groups is 2. The van der Waals surface area contributed by atoms with Crippen molar-refractivity contribution in [2.75, 3.05) is 18.4 Å². The number of thiophene rings is 1. The Morgan fingerprint density at radius 2 is 2.11 bits per heavy atom. The molecular formula is C13H16N2O3S. The van der Waals surface area contributed by atoms with Crippen LogP contribution in [0.4, 0.5) is 9.80 Å². The lowest BCUT2D eigenvalue weighted by molar-refractivity contribution is 0.0697. The van der Waals surface area contributed by atoms with Crippen molar-refractivity contribution in [1.29, 1.82) is 0 Å². The molecule has 0 saturated carbocycles. The summed E-state index contributed by atoms with van der Waals surface area (Å²) >= 11 is 1.30. The number of urea groups is 1. The maximum atomic E-state index is 12.1. The molecular weight excluding hydrogens is 264 g/mol. The topological polar surface area (TPSA) is 69.6 Å². The molecule has 2 amide bonds. The Morgan fingerprint density at radius 3 is 2.68 bits per heavy atom. The van der Waals surface area contributed by atoms with E-state index >= 15 is 0 Å². The minimum absolute atomic E-state index is 0.198. The summed E-state index contributed by atoms with van der Waals surface area (Å²) in [7, 11) is 0. The summed E-state index contributed by atoms with van der Waals surface area (Å²) in [6.45, 7) is 4.84. The number of hydrogen-bond donors (Lipinski definition) is 2. The second kappa shape index (κ2) is 5.44. The van der Waals surface area contributed by atoms with Crippen LogP contribution in [0.5, 0.6) is 0 Å². The highest BCUT2D eigenvalue weighted by Gasteiger charge is 2.22. The second-order valence-electron chi connectivity index (χ2n) is 4.43. The van der Waals surface area contributed by atoms with Gasteiger partial charge in [-0.3, -0.25) is 5.32 Å². The van der Waals surface area contributed by atoms with Gasteiger partial charge in [0.25, 0.3) is 0 Å². The number of carboxylic acids is 1. The Labute approximate surface area is 115 Å². The first-order chi connectivity index (χ1) is 9.00. The summed E-state index contributed by atoms with van der Waals surface area (Å²) in [5.74, 6) is -1.00. The van der Waals surface area contributed by atoms with Gasteiger partial charge in [-0.2, -0.15) is 0 Å². The van der Waals surface area contributed by atoms with E-state index in [-0.39, 0.29) is 11.6 Å². The minimum atomic E-state index is -1.00. The van der Waals surface area contributed by atoms with Crippen LogP contribution in [0.25, 0.3) is 0 Å². The number of rotatable bonds is 2. The fraction of sp³-hybridized carbons (Fsp3) is 0.385. The molecule has 0 unspecified atom stereocenters. The van der Waals surface area contributed by atoms with Crippen molar-refractivity contribution in [2.24, 2.45) is 0 Å². The first-order valence-electron chi connectivity index (χ1n) is 6.05. The molecule has 2 N–H and O–H groups in total. The molecule has 0 fully saturated rings. The Hall–Kier alpha value is -1.82. The Morgan fingerprint density at radius 1 is 1.37 bits per heavy atom. The van der Waals surface area contributed by atoms with Gasteiger partial charge >= 0.3 is 12.0 Å². The van der Waals surface area contributed by atoms with Crippen molar-refractivity contribution in [3.05, 3.63) is 28.2 Å². The van der Waals surface area contributed by atoms with Crippen molar-refractivity contribution in [3.8, 4) is 0 Å². The highest BCUT2D eigenvalue weighted by Crippen LogP contribution is 2.32. The van der Waals surface area contributed by atoms with Gasteiger partial charge in [-0.25, -0.2) is 9.59 Å². The SMILES string of the molecule is Cc1sc(NC(=O)N2CC=CCC2)c(C(=O)O)c1C. The molecule has 19 heavy (non-hydrogen) atoms. The lowest BCUT2D eigenvalue weighted by Gasteiger charge is -2.23. The zero-order valence-corrected chi connectivity index (χ0v) is 11.7. The number of aryl methyl sites for hydroxylation is 1. The second-order valence-corrected chi connectivity index (χ2v) is 5.65. The number of carboxylic acid groups (broad SMARTS) is 1. The van der Waals surface area contributed by atoms with Crippen molar-refractivity contribution < 1.29 is 14.7 Å². The molecule has 102 valence electrons. The Balaban J connectivity index is 2.19. The van der Waals surface area contributed by atoms with E-state index in [1.54, 1.807) is 11.8 Å². The van der Waals surface area contributed by atoms with Gasteiger partial charge in [0, 0.05) is 18.0 Å². The van der Waals surface area contributed by atoms with Gasteiger partial charge in [-0.05, 0) is 25.8 Å². The number of anilines is 1. The lowest BCUT2D eigenvalue weighted by atomic mass is 10.1. The molecule has 6 heteroatoms. The quantitative estimate of drug-likeness (QED) is 0.818. The van der Waals surface area contributed by atoms with E-state index in [2.05, 4.69) is 5.32 Å². The summed E-state index contributed by atoms with van der Waals surface area (Å²) in [6, 6.07) is -0.242. The summed E-state index contributed by atoms with van der Waals surface area (Å²) in [6.07, 6.45) is 4.81. The van der Waals surface area contributed by atoms with Crippen LogP contribution < -0.4 is 5.32 Å². The molecule has 1 aromatic rings. The molecule has 1 aliphatic heterocycles. The van der Waals surface area contributed by atoms with Crippen LogP contribution in [0.15, 0.2) is 12.2 Å². The largest absolute Gasteiger partial charge is 0.478 e. The van der Waals surface area contributed by atoms with Crippen LogP contribution in [0, 0.1) is 13.8 Å². The molecule has 2 heterocycles. The average molecular weight is 280 g/mol. The number of nitrogens with one attached hydrogen (secondary N) is 1. The average Bonchev–Trinajstić information content (AvgIpc) is 2.65. The smallest absolute Gasteiger partial charge is 0.338 e. The summed E-state index contributed by atoms with van der Waals surface area (Å²) in [4.78, 5) is 25.9. The predicted octanol–water partition coefficient (Wildman–Crippen LogP) is 2.86. The van der Waals surface area contributed by atoms with E-state index in [0.29, 0.717) is 23.7 Å². The monoisotopic (exact) mass is 280 g/mol. The van der Waals surface area contributed by atoms with Gasteiger partial charge in [0.15, 0.2) is 0 Å². The van der Waals surface area contributed by atoms with Crippen LogP contribution in [0.3, 0.4) is 0 Å². The molecule has 0 saturated heterocycles. The maximum Gasteiger partial charge on any atom is 0.338 e. The number of carbonyl (C=O) groups excluding carboxylic acids is 1. The molecule has 0 radical (unpaired) electrons. The van der Waals surface area contributed by atoms with Gasteiger partial charge in [0.05, 0.1) is 5.56 Å². The highest BCUT2D eigenvalue weighted by molar-refractivity contribution is 7.16. The maximum absolute atomic E-state index is 12.1. The van der Waals surface area contributed by atoms with E-state index < -0.39 is 5.97 Å². The minimum Gasteiger partial charge on any atom is -0.478 e. The van der Waals surface area contributed by atoms with Crippen molar-refractivity contribution in [2.45, 2.75) is 20.3 Å². The number of aromatic carboxylic acids is 1. The fourth-order valence-electron chi connectivity index (χ4n) is 1.97. The predicted molar refractivity (Wildman–Crippen MR) is 75.1 cm³/mol. The third-order valence-corrected chi connectivity index (χ3v) is 4.29. The molecule has 0 bridgehead atoms. The summed E-state index contributed by atoms with van der Waals surface area (Å²) in [5.41, 5.74) is 0.912. The zero-order chi connectivity index (χ0) is 14.0. The van der Waals surface area contributed by atoms with Gasteiger partial charge in [-0.15, -0.1) is 11.3 Å². The fourth-order valence-corrected chi connectivity index (χ4v) is 3.02. The van der Waals surface area contributed by atoms with Gasteiger partial charge in [0.1, 0.15) is 5.00 Å². The van der Waals surface area contributed by atoms with E-state index in [9.17, 15) is 14.7 Å². The third-order valence-electron chi connectivity index (χ3n) is 3.16. The van der Waals surface area contributed by atoms with Crippen LogP contribution >= 0.6 is 11.3 Å². The number of hydrogen-bond acceptors (Lipinski definition) is 3. The molecule has 1 aliphatic rings. The first-order valence-corrected chi connectivity index (χ1v) is 6.86. The van der Waals surface area contributed by atoms with E-state index in [1.165, 1.54) is 11.3 Å². The highest BCUT2D eigenvalue weighted by atomic mass is 32.1. The molecule has 1 aromatic heterocycles. The number of nitrogens with zero attached hydrogens (tertiary/aromatic N) is 1. The van der Waals surface area contributed by atoms with Crippen molar-refractivity contribution >= 4 is 28.3 Å². The summed E-state index contributed by atoms with van der Waals surface area (Å²) in [5, 5.41) is 12.3. The van der Waals surface area contributed by atoms with Crippen molar-refractivity contribution in [1.82, 2.24) is 4.90 Å². The first kappa shape index (κ1) is 13.6. The van der Waals surface area contributed by atoms with E-state index in [4.69, 9.17) is 0 Å². The lowest BCUT2D eigenvalue weighted by Crippen LogP contribution is -2.37. The molecule has 0 aromatic carbocycles. The van der Waals surface area contributed by atoms with Gasteiger partial charge in [0.2, 0.25) is 0 Å². The Bertz CT molecular complexity index is 548. The zero-order valence-electron chi connectivity index (χ0n) is 10.9. The van der Waals surface area contributed by atoms with Crippen LogP contribution in [-0.4, -0.2) is 35.1 Å². The Kier molecular flexibility index (Phi) is 3.90. The third kappa shape index (κ3) is 2.78. The van der Waals surface area contributed by atoms with Gasteiger partial charge < -0.3 is 10.0 Å². The molecule has 0 aliphatic carbocycles. The number of amides is 2. The van der Waals surface area contributed by atoms with Crippen LogP contribution in [0.1, 0.15) is 27.2 Å². The van der Waals surface area contributed by atoms with Crippen LogP contribution in [0.2, 0.25) is 0 Å². The summed E-state index contributed by atoms with van der Waals surface area (Å²) < 4.78 is 0. The van der Waals surface area contributed by atoms with Gasteiger partial charge in [-0.1, -0.05) is 12.2 Å².